The van der Waals surface area contributed by atoms with Crippen LogP contribution in [0, 0.1) is 0 Å². The highest BCUT2D eigenvalue weighted by atomic mass is 31.0. The molecule has 0 bridgehead atoms. The van der Waals surface area contributed by atoms with E-state index in [1.165, 1.54) is 11.0 Å². The number of rotatable bonds is 7. The minimum absolute atomic E-state index is 0.729. The maximum atomic E-state index is 5.11. The summed E-state index contributed by atoms with van der Waals surface area (Å²) in [6.45, 7) is 3.23. The second-order valence-electron chi connectivity index (χ2n) is 3.56. The molecule has 3 nitrogen and oxygen atoms in total. The Hall–Kier alpha value is -0.630. The van der Waals surface area contributed by atoms with Gasteiger partial charge in [0.25, 0.3) is 0 Å². The molecule has 0 saturated heterocycles. The van der Waals surface area contributed by atoms with Gasteiger partial charge in [-0.1, -0.05) is 12.1 Å². The Balaban J connectivity index is 2.62. The van der Waals surface area contributed by atoms with Crippen LogP contribution in [-0.2, 0) is 9.47 Å². The van der Waals surface area contributed by atoms with Gasteiger partial charge in [0, 0.05) is 33.0 Å². The van der Waals surface area contributed by atoms with Gasteiger partial charge in [-0.15, -0.1) is 9.24 Å². The maximum Gasteiger partial charge on any atom is 0.0637 e. The number of ether oxygens (including phenoxy) is 2. The van der Waals surface area contributed by atoms with Crippen molar-refractivity contribution in [2.45, 2.75) is 0 Å². The molecule has 0 amide bonds. The number of hydrogen-bond acceptors (Lipinski definition) is 3. The van der Waals surface area contributed by atoms with Crippen LogP contribution in [0.2, 0.25) is 0 Å². The summed E-state index contributed by atoms with van der Waals surface area (Å²) in [7, 11) is 6.13. The van der Waals surface area contributed by atoms with Crippen molar-refractivity contribution in [2.24, 2.45) is 0 Å². The van der Waals surface area contributed by atoms with E-state index in [-0.39, 0.29) is 0 Å². The highest BCUT2D eigenvalue weighted by Crippen LogP contribution is 2.12. The van der Waals surface area contributed by atoms with Gasteiger partial charge in [0.2, 0.25) is 0 Å². The molecule has 1 atom stereocenters. The Morgan fingerprint density at radius 2 is 1.50 bits per heavy atom. The van der Waals surface area contributed by atoms with E-state index in [1.807, 2.05) is 0 Å². The molecule has 0 aliphatic carbocycles. The summed E-state index contributed by atoms with van der Waals surface area (Å²) in [6, 6.07) is 8.42. The predicted molar refractivity (Wildman–Crippen MR) is 71.8 cm³/mol. The molecule has 0 heterocycles. The first kappa shape index (κ1) is 13.4. The lowest BCUT2D eigenvalue weighted by molar-refractivity contribution is 0.190. The number of anilines is 1. The summed E-state index contributed by atoms with van der Waals surface area (Å²) < 4.78 is 10.2. The van der Waals surface area contributed by atoms with Crippen LogP contribution in [-0.4, -0.2) is 40.5 Å². The molecule has 90 valence electrons. The van der Waals surface area contributed by atoms with Gasteiger partial charge in [-0.2, -0.15) is 0 Å². The normalized spacial score (nSPS) is 10.4. The highest BCUT2D eigenvalue weighted by molar-refractivity contribution is 7.27. The zero-order valence-electron chi connectivity index (χ0n) is 9.98. The summed E-state index contributed by atoms with van der Waals surface area (Å²) in [5.74, 6) is 0. The molecule has 0 aliphatic heterocycles. The molecule has 0 aliphatic rings. The zero-order valence-corrected chi connectivity index (χ0v) is 11.1. The summed E-state index contributed by atoms with van der Waals surface area (Å²) in [5, 5.41) is 1.20. The van der Waals surface area contributed by atoms with Crippen molar-refractivity contribution in [3.8, 4) is 0 Å². The summed E-state index contributed by atoms with van der Waals surface area (Å²) in [4.78, 5) is 2.26. The Bertz CT molecular complexity index is 282. The third-order valence-electron chi connectivity index (χ3n) is 2.39. The van der Waals surface area contributed by atoms with Gasteiger partial charge in [-0.05, 0) is 17.4 Å². The second-order valence-corrected chi connectivity index (χ2v) is 4.23. The van der Waals surface area contributed by atoms with Crippen molar-refractivity contribution in [3.63, 3.8) is 0 Å². The molecule has 0 saturated carbocycles. The molecular formula is C12H20NO2P. The Morgan fingerprint density at radius 1 is 1.00 bits per heavy atom. The number of benzene rings is 1. The lowest BCUT2D eigenvalue weighted by Gasteiger charge is -2.24. The lowest BCUT2D eigenvalue weighted by Crippen LogP contribution is -2.30. The standard InChI is InChI=1S/C12H20NO2P/c1-14-9-7-13(8-10-15-2)11-3-5-12(16)6-4-11/h3-6H,7-10,16H2,1-2H3. The first-order chi connectivity index (χ1) is 7.77. The fourth-order valence-electron chi connectivity index (χ4n) is 1.46. The summed E-state index contributed by atoms with van der Waals surface area (Å²) in [6.07, 6.45) is 0. The van der Waals surface area contributed by atoms with Crippen molar-refractivity contribution < 1.29 is 9.47 Å². The van der Waals surface area contributed by atoms with Crippen LogP contribution >= 0.6 is 9.24 Å². The van der Waals surface area contributed by atoms with E-state index in [9.17, 15) is 0 Å². The Morgan fingerprint density at radius 3 is 1.94 bits per heavy atom. The molecule has 0 aromatic heterocycles. The van der Waals surface area contributed by atoms with E-state index in [4.69, 9.17) is 9.47 Å². The molecule has 4 heteroatoms. The predicted octanol–water partition coefficient (Wildman–Crippen LogP) is 1.29. The van der Waals surface area contributed by atoms with Gasteiger partial charge < -0.3 is 14.4 Å². The van der Waals surface area contributed by atoms with E-state index in [2.05, 4.69) is 38.4 Å². The van der Waals surface area contributed by atoms with E-state index in [0.29, 0.717) is 0 Å². The molecule has 1 unspecified atom stereocenters. The molecule has 0 fully saturated rings. The summed E-state index contributed by atoms with van der Waals surface area (Å²) in [5.41, 5.74) is 1.21. The molecule has 0 N–H and O–H groups in total. The van der Waals surface area contributed by atoms with Crippen LogP contribution < -0.4 is 10.2 Å². The monoisotopic (exact) mass is 241 g/mol. The van der Waals surface area contributed by atoms with Crippen LogP contribution in [0.15, 0.2) is 24.3 Å². The molecular weight excluding hydrogens is 221 g/mol. The van der Waals surface area contributed by atoms with Gasteiger partial charge in [-0.3, -0.25) is 0 Å². The number of methoxy groups -OCH3 is 2. The molecule has 1 rings (SSSR count). The van der Waals surface area contributed by atoms with Gasteiger partial charge in [0.15, 0.2) is 0 Å². The van der Waals surface area contributed by atoms with E-state index in [0.717, 1.165) is 26.3 Å². The molecule has 0 spiro atoms. The average molecular weight is 241 g/mol. The second kappa shape index (κ2) is 7.61. The van der Waals surface area contributed by atoms with Crippen LogP contribution in [0.5, 0.6) is 0 Å². The quantitative estimate of drug-likeness (QED) is 0.671. The fraction of sp³-hybridized carbons (Fsp3) is 0.500. The molecule has 1 aromatic carbocycles. The van der Waals surface area contributed by atoms with E-state index >= 15 is 0 Å². The topological polar surface area (TPSA) is 21.7 Å². The van der Waals surface area contributed by atoms with Crippen LogP contribution in [0.1, 0.15) is 0 Å². The SMILES string of the molecule is COCCN(CCOC)c1ccc(P)cc1. The van der Waals surface area contributed by atoms with Gasteiger partial charge in [-0.25, -0.2) is 0 Å². The molecule has 16 heavy (non-hydrogen) atoms. The first-order valence-corrected chi connectivity index (χ1v) is 5.94. The van der Waals surface area contributed by atoms with Crippen molar-refractivity contribution in [3.05, 3.63) is 24.3 Å². The summed E-state index contributed by atoms with van der Waals surface area (Å²) >= 11 is 0. The third-order valence-corrected chi connectivity index (χ3v) is 2.77. The van der Waals surface area contributed by atoms with Crippen LogP contribution in [0.4, 0.5) is 5.69 Å². The Kier molecular flexibility index (Phi) is 6.39. The van der Waals surface area contributed by atoms with E-state index < -0.39 is 0 Å². The van der Waals surface area contributed by atoms with E-state index in [1.54, 1.807) is 14.2 Å². The maximum absolute atomic E-state index is 5.11. The van der Waals surface area contributed by atoms with Crippen molar-refractivity contribution in [1.29, 1.82) is 0 Å². The lowest BCUT2D eigenvalue weighted by atomic mass is 10.3. The minimum Gasteiger partial charge on any atom is -0.383 e. The zero-order chi connectivity index (χ0) is 11.8. The third kappa shape index (κ3) is 4.48. The number of nitrogens with zero attached hydrogens (tertiary/aromatic N) is 1. The highest BCUT2D eigenvalue weighted by Gasteiger charge is 2.05. The smallest absolute Gasteiger partial charge is 0.0637 e. The van der Waals surface area contributed by atoms with Gasteiger partial charge in [0.05, 0.1) is 13.2 Å². The fourth-order valence-corrected chi connectivity index (χ4v) is 1.65. The van der Waals surface area contributed by atoms with Crippen molar-refractivity contribution >= 4 is 20.2 Å². The average Bonchev–Trinajstić information content (AvgIpc) is 2.31. The Labute approximate surface area is 99.9 Å². The molecule has 0 radical (unpaired) electrons. The van der Waals surface area contributed by atoms with Gasteiger partial charge in [0.1, 0.15) is 0 Å². The minimum atomic E-state index is 0.729. The molecule has 1 aromatic rings. The first-order valence-electron chi connectivity index (χ1n) is 5.36. The van der Waals surface area contributed by atoms with Crippen LogP contribution in [0.25, 0.3) is 0 Å². The largest absolute Gasteiger partial charge is 0.383 e. The van der Waals surface area contributed by atoms with Crippen molar-refractivity contribution in [2.75, 3.05) is 45.4 Å². The van der Waals surface area contributed by atoms with Gasteiger partial charge >= 0.3 is 0 Å². The van der Waals surface area contributed by atoms with Crippen molar-refractivity contribution in [1.82, 2.24) is 0 Å². The van der Waals surface area contributed by atoms with Crippen LogP contribution in [0.3, 0.4) is 0 Å². The number of hydrogen-bond donors (Lipinski definition) is 0.